The minimum Gasteiger partial charge on any atom is -0.352 e. The fourth-order valence-electron chi connectivity index (χ4n) is 2.90. The second kappa shape index (κ2) is 5.66. The predicted molar refractivity (Wildman–Crippen MR) is 77.1 cm³/mol. The van der Waals surface area contributed by atoms with E-state index in [1.165, 1.54) is 6.07 Å². The standard InChI is InChI=1S/C16H18F2N2O2/c17-12-6-5-11(9-13(12)18)20-15(22)16(7-8-16)14(21)19-10-3-1-2-4-10/h5-6,9-10H,1-4,7-8H2,(H,19,21)(H,20,22). The van der Waals surface area contributed by atoms with Crippen LogP contribution in [0.5, 0.6) is 0 Å². The molecule has 0 radical (unpaired) electrons. The van der Waals surface area contributed by atoms with E-state index in [0.717, 1.165) is 37.8 Å². The van der Waals surface area contributed by atoms with Crippen molar-refractivity contribution in [2.45, 2.75) is 44.6 Å². The Morgan fingerprint density at radius 3 is 2.32 bits per heavy atom. The lowest BCUT2D eigenvalue weighted by atomic mass is 10.0. The number of carbonyl (C=O) groups excluding carboxylic acids is 2. The zero-order valence-electron chi connectivity index (χ0n) is 12.1. The summed E-state index contributed by atoms with van der Waals surface area (Å²) in [6.45, 7) is 0. The summed E-state index contributed by atoms with van der Waals surface area (Å²) in [4.78, 5) is 24.6. The molecule has 0 heterocycles. The summed E-state index contributed by atoms with van der Waals surface area (Å²) >= 11 is 0. The van der Waals surface area contributed by atoms with Crippen LogP contribution in [0.3, 0.4) is 0 Å². The van der Waals surface area contributed by atoms with Gasteiger partial charge in [0.25, 0.3) is 0 Å². The fraction of sp³-hybridized carbons (Fsp3) is 0.500. The van der Waals surface area contributed by atoms with Crippen molar-refractivity contribution >= 4 is 17.5 Å². The van der Waals surface area contributed by atoms with Crippen LogP contribution < -0.4 is 10.6 Å². The Morgan fingerprint density at radius 1 is 1.05 bits per heavy atom. The van der Waals surface area contributed by atoms with E-state index in [9.17, 15) is 18.4 Å². The van der Waals surface area contributed by atoms with E-state index in [1.54, 1.807) is 0 Å². The first-order chi connectivity index (χ1) is 10.5. The molecule has 2 aliphatic rings. The third-order valence-corrected chi connectivity index (χ3v) is 4.49. The van der Waals surface area contributed by atoms with Crippen molar-refractivity contribution in [2.75, 3.05) is 5.32 Å². The molecule has 2 fully saturated rings. The van der Waals surface area contributed by atoms with Gasteiger partial charge in [0.2, 0.25) is 11.8 Å². The minimum absolute atomic E-state index is 0.154. The van der Waals surface area contributed by atoms with Gasteiger partial charge in [-0.3, -0.25) is 9.59 Å². The molecule has 2 saturated carbocycles. The highest BCUT2D eigenvalue weighted by Crippen LogP contribution is 2.47. The van der Waals surface area contributed by atoms with Crippen LogP contribution in [0.4, 0.5) is 14.5 Å². The predicted octanol–water partition coefficient (Wildman–Crippen LogP) is 2.74. The zero-order chi connectivity index (χ0) is 15.7. The molecule has 2 amide bonds. The molecule has 1 aromatic rings. The van der Waals surface area contributed by atoms with E-state index in [-0.39, 0.29) is 17.6 Å². The molecule has 0 atom stereocenters. The van der Waals surface area contributed by atoms with Crippen LogP contribution in [0.2, 0.25) is 0 Å². The summed E-state index contributed by atoms with van der Waals surface area (Å²) in [5.74, 6) is -2.70. The summed E-state index contributed by atoms with van der Waals surface area (Å²) in [6.07, 6.45) is 5.07. The quantitative estimate of drug-likeness (QED) is 0.840. The van der Waals surface area contributed by atoms with Gasteiger partial charge in [-0.2, -0.15) is 0 Å². The highest BCUT2D eigenvalue weighted by Gasteiger charge is 2.56. The van der Waals surface area contributed by atoms with Crippen molar-refractivity contribution < 1.29 is 18.4 Å². The van der Waals surface area contributed by atoms with Gasteiger partial charge in [-0.15, -0.1) is 0 Å². The van der Waals surface area contributed by atoms with Crippen LogP contribution >= 0.6 is 0 Å². The molecule has 0 saturated heterocycles. The van der Waals surface area contributed by atoms with Crippen LogP contribution in [0, 0.1) is 17.0 Å². The number of halogens is 2. The van der Waals surface area contributed by atoms with Gasteiger partial charge in [0.05, 0.1) is 0 Å². The highest BCUT2D eigenvalue weighted by molar-refractivity contribution is 6.13. The molecular formula is C16H18F2N2O2. The second-order valence-electron chi connectivity index (χ2n) is 6.12. The van der Waals surface area contributed by atoms with Gasteiger partial charge in [-0.05, 0) is 37.8 Å². The molecular weight excluding hydrogens is 290 g/mol. The topological polar surface area (TPSA) is 58.2 Å². The molecule has 0 spiro atoms. The van der Waals surface area contributed by atoms with Gasteiger partial charge < -0.3 is 10.6 Å². The molecule has 6 heteroatoms. The van der Waals surface area contributed by atoms with Gasteiger partial charge in [-0.1, -0.05) is 12.8 Å². The smallest absolute Gasteiger partial charge is 0.240 e. The van der Waals surface area contributed by atoms with Gasteiger partial charge >= 0.3 is 0 Å². The summed E-state index contributed by atoms with van der Waals surface area (Å²) in [5, 5.41) is 5.45. The van der Waals surface area contributed by atoms with Crippen molar-refractivity contribution in [1.82, 2.24) is 5.32 Å². The van der Waals surface area contributed by atoms with Crippen LogP contribution in [-0.4, -0.2) is 17.9 Å². The molecule has 4 nitrogen and oxygen atoms in total. The third-order valence-electron chi connectivity index (χ3n) is 4.49. The van der Waals surface area contributed by atoms with E-state index in [2.05, 4.69) is 10.6 Å². The Kier molecular flexibility index (Phi) is 3.85. The lowest BCUT2D eigenvalue weighted by molar-refractivity contribution is -0.134. The Labute approximate surface area is 127 Å². The molecule has 22 heavy (non-hydrogen) atoms. The van der Waals surface area contributed by atoms with Gasteiger partial charge in [-0.25, -0.2) is 8.78 Å². The average molecular weight is 308 g/mol. The molecule has 118 valence electrons. The van der Waals surface area contributed by atoms with Crippen molar-refractivity contribution in [2.24, 2.45) is 5.41 Å². The number of benzene rings is 1. The van der Waals surface area contributed by atoms with E-state index in [1.807, 2.05) is 0 Å². The molecule has 0 aliphatic heterocycles. The maximum absolute atomic E-state index is 13.2. The van der Waals surface area contributed by atoms with Crippen LogP contribution in [0.15, 0.2) is 18.2 Å². The minimum atomic E-state index is -1.05. The van der Waals surface area contributed by atoms with Gasteiger partial charge in [0.1, 0.15) is 5.41 Å². The largest absolute Gasteiger partial charge is 0.352 e. The van der Waals surface area contributed by atoms with Crippen molar-refractivity contribution in [1.29, 1.82) is 0 Å². The van der Waals surface area contributed by atoms with Crippen LogP contribution in [0.25, 0.3) is 0 Å². The molecule has 3 rings (SSSR count). The van der Waals surface area contributed by atoms with Crippen LogP contribution in [0.1, 0.15) is 38.5 Å². The molecule has 2 N–H and O–H groups in total. The summed E-state index contributed by atoms with van der Waals surface area (Å²) in [5.41, 5.74) is -0.892. The first-order valence-corrected chi connectivity index (χ1v) is 7.59. The lowest BCUT2D eigenvalue weighted by Gasteiger charge is -2.18. The first kappa shape index (κ1) is 14.9. The summed E-state index contributed by atoms with van der Waals surface area (Å²) < 4.78 is 26.1. The molecule has 2 aliphatic carbocycles. The summed E-state index contributed by atoms with van der Waals surface area (Å²) in [6, 6.07) is 3.30. The number of anilines is 1. The highest BCUT2D eigenvalue weighted by atomic mass is 19.2. The number of rotatable bonds is 4. The Bertz CT molecular complexity index is 608. The molecule has 1 aromatic carbocycles. The lowest BCUT2D eigenvalue weighted by Crippen LogP contribution is -2.43. The van der Waals surface area contributed by atoms with E-state index < -0.39 is 23.0 Å². The monoisotopic (exact) mass is 308 g/mol. The van der Waals surface area contributed by atoms with Gasteiger partial charge in [0, 0.05) is 17.8 Å². The number of carbonyl (C=O) groups is 2. The number of hydrogen-bond donors (Lipinski definition) is 2. The molecule has 0 aromatic heterocycles. The Balaban J connectivity index is 1.65. The van der Waals surface area contributed by atoms with E-state index in [4.69, 9.17) is 0 Å². The SMILES string of the molecule is O=C(Nc1ccc(F)c(F)c1)C1(C(=O)NC2CCCC2)CC1. The maximum atomic E-state index is 13.2. The Hall–Kier alpha value is -1.98. The van der Waals surface area contributed by atoms with E-state index in [0.29, 0.717) is 12.8 Å². The first-order valence-electron chi connectivity index (χ1n) is 7.59. The second-order valence-corrected chi connectivity index (χ2v) is 6.12. The number of nitrogens with one attached hydrogen (secondary N) is 2. The van der Waals surface area contributed by atoms with Crippen molar-refractivity contribution in [3.63, 3.8) is 0 Å². The zero-order valence-corrected chi connectivity index (χ0v) is 12.1. The molecule has 0 bridgehead atoms. The fourth-order valence-corrected chi connectivity index (χ4v) is 2.90. The number of amides is 2. The molecule has 0 unspecified atom stereocenters. The van der Waals surface area contributed by atoms with Gasteiger partial charge in [0.15, 0.2) is 11.6 Å². The van der Waals surface area contributed by atoms with Crippen LogP contribution in [-0.2, 0) is 9.59 Å². The van der Waals surface area contributed by atoms with Crippen molar-refractivity contribution in [3.8, 4) is 0 Å². The normalized spacial score (nSPS) is 19.7. The Morgan fingerprint density at radius 2 is 1.73 bits per heavy atom. The maximum Gasteiger partial charge on any atom is 0.240 e. The average Bonchev–Trinajstić information content (AvgIpc) is 3.16. The third kappa shape index (κ3) is 2.82. The van der Waals surface area contributed by atoms with E-state index >= 15 is 0 Å². The summed E-state index contributed by atoms with van der Waals surface area (Å²) in [7, 11) is 0. The number of hydrogen-bond acceptors (Lipinski definition) is 2. The van der Waals surface area contributed by atoms with Crippen molar-refractivity contribution in [3.05, 3.63) is 29.8 Å².